The van der Waals surface area contributed by atoms with Crippen LogP contribution in [-0.2, 0) is 0 Å². The Balaban J connectivity index is 2.41. The number of hydrogen-bond acceptors (Lipinski definition) is 3. The van der Waals surface area contributed by atoms with Crippen molar-refractivity contribution in [3.63, 3.8) is 0 Å². The lowest BCUT2D eigenvalue weighted by Gasteiger charge is -2.08. The third kappa shape index (κ3) is 2.15. The third-order valence-electron chi connectivity index (χ3n) is 2.50. The number of ether oxygens (including phenoxy) is 2. The van der Waals surface area contributed by atoms with Gasteiger partial charge in [0.2, 0.25) is 5.78 Å². The Kier molecular flexibility index (Phi) is 3.14. The zero-order valence-corrected chi connectivity index (χ0v) is 9.69. The van der Waals surface area contributed by atoms with Crippen LogP contribution in [0, 0.1) is 0 Å². The van der Waals surface area contributed by atoms with Crippen LogP contribution < -0.4 is 9.47 Å². The second-order valence-corrected chi connectivity index (χ2v) is 3.48. The number of carbonyl (C=O) groups is 1. The summed E-state index contributed by atoms with van der Waals surface area (Å²) in [5.41, 5.74) is 1.05. The number of aromatic amines is 1. The summed E-state index contributed by atoms with van der Waals surface area (Å²) in [4.78, 5) is 15.0. The minimum atomic E-state index is -0.102. The SMILES string of the molecule is COc1ccc(C(=O)c2ccc[nH]2)c(OC)c1. The molecule has 0 spiro atoms. The fourth-order valence-corrected chi connectivity index (χ4v) is 1.60. The van der Waals surface area contributed by atoms with Gasteiger partial charge in [-0.05, 0) is 24.3 Å². The highest BCUT2D eigenvalue weighted by Gasteiger charge is 2.15. The first kappa shape index (κ1) is 11.3. The zero-order chi connectivity index (χ0) is 12.3. The van der Waals surface area contributed by atoms with Crippen LogP contribution in [0.5, 0.6) is 11.5 Å². The fourth-order valence-electron chi connectivity index (χ4n) is 1.60. The van der Waals surface area contributed by atoms with Crippen molar-refractivity contribution in [3.8, 4) is 11.5 Å². The predicted octanol–water partition coefficient (Wildman–Crippen LogP) is 2.26. The van der Waals surface area contributed by atoms with Crippen molar-refractivity contribution in [2.45, 2.75) is 0 Å². The lowest BCUT2D eigenvalue weighted by atomic mass is 10.1. The molecule has 4 heteroatoms. The first-order chi connectivity index (χ1) is 8.26. The van der Waals surface area contributed by atoms with Gasteiger partial charge in [-0.2, -0.15) is 0 Å². The smallest absolute Gasteiger partial charge is 0.212 e. The van der Waals surface area contributed by atoms with Crippen LogP contribution in [-0.4, -0.2) is 25.0 Å². The van der Waals surface area contributed by atoms with Gasteiger partial charge in [0, 0.05) is 12.3 Å². The largest absolute Gasteiger partial charge is 0.497 e. The molecule has 0 aliphatic rings. The highest BCUT2D eigenvalue weighted by molar-refractivity contribution is 6.09. The van der Waals surface area contributed by atoms with Gasteiger partial charge in [0.1, 0.15) is 11.5 Å². The number of hydrogen-bond donors (Lipinski definition) is 1. The Morgan fingerprint density at radius 2 is 2.00 bits per heavy atom. The molecule has 0 unspecified atom stereocenters. The molecule has 0 fully saturated rings. The van der Waals surface area contributed by atoms with Crippen molar-refractivity contribution >= 4 is 5.78 Å². The number of rotatable bonds is 4. The molecular weight excluding hydrogens is 218 g/mol. The summed E-state index contributed by atoms with van der Waals surface area (Å²) < 4.78 is 10.3. The van der Waals surface area contributed by atoms with Gasteiger partial charge in [0.25, 0.3) is 0 Å². The van der Waals surface area contributed by atoms with Crippen molar-refractivity contribution in [2.75, 3.05) is 14.2 Å². The summed E-state index contributed by atoms with van der Waals surface area (Å²) in [6.07, 6.45) is 1.71. The zero-order valence-electron chi connectivity index (χ0n) is 9.69. The highest BCUT2D eigenvalue weighted by atomic mass is 16.5. The second-order valence-electron chi connectivity index (χ2n) is 3.48. The van der Waals surface area contributed by atoms with E-state index in [0.29, 0.717) is 22.8 Å². The van der Waals surface area contributed by atoms with Crippen molar-refractivity contribution in [3.05, 3.63) is 47.8 Å². The van der Waals surface area contributed by atoms with Crippen LogP contribution in [0.1, 0.15) is 16.1 Å². The molecule has 0 bridgehead atoms. The van der Waals surface area contributed by atoms with Crippen molar-refractivity contribution in [1.29, 1.82) is 0 Å². The number of aromatic nitrogens is 1. The molecule has 0 aliphatic carbocycles. The van der Waals surface area contributed by atoms with Crippen LogP contribution in [0.15, 0.2) is 36.5 Å². The maximum absolute atomic E-state index is 12.1. The van der Waals surface area contributed by atoms with Crippen molar-refractivity contribution in [1.82, 2.24) is 4.98 Å². The second kappa shape index (κ2) is 4.74. The number of nitrogens with one attached hydrogen (secondary N) is 1. The van der Waals surface area contributed by atoms with Crippen molar-refractivity contribution < 1.29 is 14.3 Å². The molecule has 2 rings (SSSR count). The maximum atomic E-state index is 12.1. The van der Waals surface area contributed by atoms with Gasteiger partial charge in [0.15, 0.2) is 0 Å². The monoisotopic (exact) mass is 231 g/mol. The Morgan fingerprint density at radius 3 is 2.59 bits per heavy atom. The molecule has 1 aromatic heterocycles. The Bertz CT molecular complexity index is 517. The van der Waals surface area contributed by atoms with E-state index in [1.54, 1.807) is 43.6 Å². The molecule has 2 aromatic rings. The number of methoxy groups -OCH3 is 2. The molecule has 0 radical (unpaired) electrons. The summed E-state index contributed by atoms with van der Waals surface area (Å²) in [6.45, 7) is 0. The van der Waals surface area contributed by atoms with E-state index in [-0.39, 0.29) is 5.78 Å². The first-order valence-corrected chi connectivity index (χ1v) is 5.16. The van der Waals surface area contributed by atoms with Gasteiger partial charge >= 0.3 is 0 Å². The first-order valence-electron chi connectivity index (χ1n) is 5.16. The minimum absolute atomic E-state index is 0.102. The Morgan fingerprint density at radius 1 is 1.18 bits per heavy atom. The maximum Gasteiger partial charge on any atom is 0.212 e. The summed E-state index contributed by atoms with van der Waals surface area (Å²) in [5, 5.41) is 0. The number of H-pyrrole nitrogens is 1. The highest BCUT2D eigenvalue weighted by Crippen LogP contribution is 2.26. The average molecular weight is 231 g/mol. The summed E-state index contributed by atoms with van der Waals surface area (Å²) in [6, 6.07) is 8.63. The van der Waals surface area contributed by atoms with Crippen molar-refractivity contribution in [2.24, 2.45) is 0 Å². The molecule has 0 atom stereocenters. The molecule has 17 heavy (non-hydrogen) atoms. The minimum Gasteiger partial charge on any atom is -0.497 e. The molecule has 0 aliphatic heterocycles. The lowest BCUT2D eigenvalue weighted by Crippen LogP contribution is -2.04. The quantitative estimate of drug-likeness (QED) is 0.821. The Labute approximate surface area is 99.2 Å². The van der Waals surface area contributed by atoms with E-state index in [0.717, 1.165) is 0 Å². The number of benzene rings is 1. The van der Waals surface area contributed by atoms with Gasteiger partial charge < -0.3 is 14.5 Å². The molecule has 0 saturated heterocycles. The van der Waals surface area contributed by atoms with E-state index in [9.17, 15) is 4.79 Å². The lowest BCUT2D eigenvalue weighted by molar-refractivity contribution is 0.103. The van der Waals surface area contributed by atoms with Crippen LogP contribution in [0.3, 0.4) is 0 Å². The van der Waals surface area contributed by atoms with E-state index < -0.39 is 0 Å². The third-order valence-corrected chi connectivity index (χ3v) is 2.50. The van der Waals surface area contributed by atoms with E-state index in [1.807, 2.05) is 0 Å². The van der Waals surface area contributed by atoms with E-state index in [2.05, 4.69) is 4.98 Å². The van der Waals surface area contributed by atoms with Gasteiger partial charge in [-0.25, -0.2) is 0 Å². The molecule has 88 valence electrons. The topological polar surface area (TPSA) is 51.3 Å². The summed E-state index contributed by atoms with van der Waals surface area (Å²) in [7, 11) is 3.10. The molecule has 1 aromatic carbocycles. The van der Waals surface area contributed by atoms with E-state index in [4.69, 9.17) is 9.47 Å². The fraction of sp³-hybridized carbons (Fsp3) is 0.154. The van der Waals surface area contributed by atoms with Crippen LogP contribution in [0.2, 0.25) is 0 Å². The molecule has 0 saturated carbocycles. The van der Waals surface area contributed by atoms with Crippen LogP contribution in [0.4, 0.5) is 0 Å². The number of carbonyl (C=O) groups excluding carboxylic acids is 1. The molecule has 4 nitrogen and oxygen atoms in total. The van der Waals surface area contributed by atoms with Crippen LogP contribution in [0.25, 0.3) is 0 Å². The standard InChI is InChI=1S/C13H13NO3/c1-16-9-5-6-10(12(8-9)17-2)13(15)11-4-3-7-14-11/h3-8,14H,1-2H3. The van der Waals surface area contributed by atoms with Crippen LogP contribution >= 0.6 is 0 Å². The average Bonchev–Trinajstić information content (AvgIpc) is 2.91. The van der Waals surface area contributed by atoms with Gasteiger partial charge in [0.05, 0.1) is 25.5 Å². The number of ketones is 1. The summed E-state index contributed by atoms with van der Waals surface area (Å²) >= 11 is 0. The molecular formula is C13H13NO3. The predicted molar refractivity (Wildman–Crippen MR) is 63.8 cm³/mol. The van der Waals surface area contributed by atoms with Gasteiger partial charge in [-0.3, -0.25) is 4.79 Å². The van der Waals surface area contributed by atoms with E-state index in [1.165, 1.54) is 7.11 Å². The van der Waals surface area contributed by atoms with Gasteiger partial charge in [-0.15, -0.1) is 0 Å². The van der Waals surface area contributed by atoms with Gasteiger partial charge in [-0.1, -0.05) is 0 Å². The van der Waals surface area contributed by atoms with E-state index >= 15 is 0 Å². The Hall–Kier alpha value is -2.23. The normalized spacial score (nSPS) is 10.0. The molecule has 1 heterocycles. The summed E-state index contributed by atoms with van der Waals surface area (Å²) in [5.74, 6) is 1.06. The molecule has 0 amide bonds. The molecule has 1 N–H and O–H groups in total.